The molecule has 3 heterocycles. The Morgan fingerprint density at radius 1 is 1.03 bits per heavy atom. The third-order valence-corrected chi connectivity index (χ3v) is 5.98. The van der Waals surface area contributed by atoms with Gasteiger partial charge in [0.2, 0.25) is 18.6 Å². The molecule has 0 unspecified atom stereocenters. The van der Waals surface area contributed by atoms with Gasteiger partial charge in [-0.25, -0.2) is 0 Å². The highest BCUT2D eigenvalue weighted by Gasteiger charge is 2.41. The van der Waals surface area contributed by atoms with E-state index in [0.717, 1.165) is 24.0 Å². The Bertz CT molecular complexity index is 1040. The van der Waals surface area contributed by atoms with Crippen molar-refractivity contribution in [1.82, 2.24) is 15.1 Å². The quantitative estimate of drug-likeness (QED) is 0.794. The molecule has 0 radical (unpaired) electrons. The Kier molecular flexibility index (Phi) is 4.97. The average Bonchev–Trinajstić information content (AvgIpc) is 3.46. The van der Waals surface area contributed by atoms with Gasteiger partial charge in [0, 0.05) is 25.2 Å². The van der Waals surface area contributed by atoms with Crippen LogP contribution in [0.1, 0.15) is 34.3 Å². The minimum Gasteiger partial charge on any atom is -0.454 e. The highest BCUT2D eigenvalue weighted by molar-refractivity contribution is 5.95. The topological polar surface area (TPSA) is 88.2 Å². The van der Waals surface area contributed by atoms with Crippen LogP contribution in [0.15, 0.2) is 42.5 Å². The number of hydrogen-bond donors (Lipinski definition) is 1. The van der Waals surface area contributed by atoms with Crippen molar-refractivity contribution in [1.29, 1.82) is 0 Å². The van der Waals surface area contributed by atoms with Crippen LogP contribution in [-0.2, 0) is 22.7 Å². The Morgan fingerprint density at radius 3 is 2.65 bits per heavy atom. The van der Waals surface area contributed by atoms with E-state index >= 15 is 0 Å². The summed E-state index contributed by atoms with van der Waals surface area (Å²) in [4.78, 5) is 40.8. The zero-order valence-electron chi connectivity index (χ0n) is 17.0. The highest BCUT2D eigenvalue weighted by Crippen LogP contribution is 2.32. The fourth-order valence-corrected chi connectivity index (χ4v) is 4.32. The lowest BCUT2D eigenvalue weighted by Crippen LogP contribution is -2.56. The van der Waals surface area contributed by atoms with E-state index in [-0.39, 0.29) is 37.1 Å². The molecule has 2 aromatic carbocycles. The fourth-order valence-electron chi connectivity index (χ4n) is 4.32. The molecule has 0 spiro atoms. The minimum atomic E-state index is -0.303. The van der Waals surface area contributed by atoms with E-state index in [0.29, 0.717) is 36.7 Å². The molecule has 1 atom stereocenters. The van der Waals surface area contributed by atoms with Crippen LogP contribution in [0.2, 0.25) is 0 Å². The van der Waals surface area contributed by atoms with Crippen LogP contribution < -0.4 is 14.8 Å². The Labute approximate surface area is 179 Å². The maximum atomic E-state index is 12.7. The van der Waals surface area contributed by atoms with E-state index in [1.54, 1.807) is 21.9 Å². The van der Waals surface area contributed by atoms with Crippen molar-refractivity contribution in [3.8, 4) is 11.5 Å². The summed E-state index contributed by atoms with van der Waals surface area (Å²) in [5, 5.41) is 2.90. The maximum Gasteiger partial charge on any atom is 0.251 e. The summed E-state index contributed by atoms with van der Waals surface area (Å²) >= 11 is 0. The zero-order valence-corrected chi connectivity index (χ0v) is 17.0. The van der Waals surface area contributed by atoms with Crippen molar-refractivity contribution >= 4 is 17.7 Å². The van der Waals surface area contributed by atoms with Crippen molar-refractivity contribution < 1.29 is 23.9 Å². The molecular formula is C23H23N3O5. The second kappa shape index (κ2) is 7.94. The minimum absolute atomic E-state index is 0.0154. The van der Waals surface area contributed by atoms with Crippen LogP contribution in [0.4, 0.5) is 0 Å². The second-order valence-electron chi connectivity index (χ2n) is 8.01. The predicted octanol–water partition coefficient (Wildman–Crippen LogP) is 1.68. The third kappa shape index (κ3) is 3.81. The number of amides is 3. The van der Waals surface area contributed by atoms with E-state index in [2.05, 4.69) is 5.32 Å². The summed E-state index contributed by atoms with van der Waals surface area (Å²) in [5.41, 5.74) is 2.34. The number of carbonyl (C=O) groups excluding carboxylic acids is 3. The Morgan fingerprint density at radius 2 is 1.81 bits per heavy atom. The average molecular weight is 421 g/mol. The van der Waals surface area contributed by atoms with Crippen molar-refractivity contribution in [2.75, 3.05) is 19.9 Å². The number of fused-ring (bicyclic) bond motifs is 2. The van der Waals surface area contributed by atoms with Gasteiger partial charge in [-0.1, -0.05) is 18.2 Å². The van der Waals surface area contributed by atoms with Crippen LogP contribution in [0.5, 0.6) is 11.5 Å². The molecule has 160 valence electrons. The summed E-state index contributed by atoms with van der Waals surface area (Å²) in [7, 11) is 0. The van der Waals surface area contributed by atoms with Crippen molar-refractivity contribution in [2.45, 2.75) is 32.0 Å². The molecule has 0 bridgehead atoms. The number of piperazine rings is 1. The molecule has 2 aromatic rings. The summed E-state index contributed by atoms with van der Waals surface area (Å²) < 4.78 is 10.6. The van der Waals surface area contributed by atoms with E-state index in [1.807, 2.05) is 30.3 Å². The van der Waals surface area contributed by atoms with E-state index < -0.39 is 0 Å². The molecule has 8 heteroatoms. The number of rotatable bonds is 5. The first kappa shape index (κ1) is 19.4. The first-order valence-electron chi connectivity index (χ1n) is 10.4. The summed E-state index contributed by atoms with van der Waals surface area (Å²) in [5.74, 6) is 1.24. The van der Waals surface area contributed by atoms with Gasteiger partial charge >= 0.3 is 0 Å². The lowest BCUT2D eigenvalue weighted by atomic mass is 10.1. The van der Waals surface area contributed by atoms with Gasteiger partial charge in [-0.05, 0) is 48.2 Å². The van der Waals surface area contributed by atoms with E-state index in [4.69, 9.17) is 9.47 Å². The molecule has 0 aliphatic carbocycles. The standard InChI is InChI=1S/C23H23N3O5/c27-21-13-25(23(29)18-2-1-9-26(18)21)12-15-3-6-17(7-4-15)22(28)24-11-16-5-8-19-20(10-16)31-14-30-19/h3-8,10,18H,1-2,9,11-14H2,(H,24,28)/t18-/m1/s1. The molecule has 8 nitrogen and oxygen atoms in total. The number of ether oxygens (including phenoxy) is 2. The van der Waals surface area contributed by atoms with Crippen LogP contribution >= 0.6 is 0 Å². The SMILES string of the molecule is O=C(NCc1ccc2c(c1)OCO2)c1ccc(CN2CC(=O)N3CCC[C@@H]3C2=O)cc1. The zero-order chi connectivity index (χ0) is 21.4. The van der Waals surface area contributed by atoms with Gasteiger partial charge in [-0.15, -0.1) is 0 Å². The van der Waals surface area contributed by atoms with Crippen LogP contribution in [0.3, 0.4) is 0 Å². The van der Waals surface area contributed by atoms with Gasteiger partial charge in [0.1, 0.15) is 12.6 Å². The molecule has 0 aromatic heterocycles. The van der Waals surface area contributed by atoms with E-state index in [9.17, 15) is 14.4 Å². The molecule has 0 saturated carbocycles. The Hall–Kier alpha value is -3.55. The molecule has 5 rings (SSSR count). The first-order valence-corrected chi connectivity index (χ1v) is 10.4. The molecule has 3 aliphatic rings. The molecule has 3 aliphatic heterocycles. The maximum absolute atomic E-state index is 12.7. The fraction of sp³-hybridized carbons (Fsp3) is 0.348. The monoisotopic (exact) mass is 421 g/mol. The molecule has 3 amide bonds. The number of carbonyl (C=O) groups is 3. The highest BCUT2D eigenvalue weighted by atomic mass is 16.7. The van der Waals surface area contributed by atoms with Gasteiger partial charge in [0.05, 0.1) is 0 Å². The van der Waals surface area contributed by atoms with Gasteiger partial charge < -0.3 is 24.6 Å². The Balaban J connectivity index is 1.18. The number of nitrogens with zero attached hydrogens (tertiary/aromatic N) is 2. The van der Waals surface area contributed by atoms with Crippen molar-refractivity contribution in [3.05, 3.63) is 59.2 Å². The van der Waals surface area contributed by atoms with Gasteiger partial charge in [-0.2, -0.15) is 0 Å². The lowest BCUT2D eigenvalue weighted by molar-refractivity contribution is -0.154. The molecule has 2 saturated heterocycles. The van der Waals surface area contributed by atoms with E-state index in [1.165, 1.54) is 0 Å². The summed E-state index contributed by atoms with van der Waals surface area (Å²) in [6.07, 6.45) is 1.62. The predicted molar refractivity (Wildman–Crippen MR) is 110 cm³/mol. The smallest absolute Gasteiger partial charge is 0.251 e. The first-order chi connectivity index (χ1) is 15.1. The molecular weight excluding hydrogens is 398 g/mol. The van der Waals surface area contributed by atoms with Gasteiger partial charge in [-0.3, -0.25) is 14.4 Å². The second-order valence-corrected chi connectivity index (χ2v) is 8.01. The van der Waals surface area contributed by atoms with Crippen LogP contribution in [0.25, 0.3) is 0 Å². The third-order valence-electron chi connectivity index (χ3n) is 5.98. The number of nitrogens with one attached hydrogen (secondary N) is 1. The van der Waals surface area contributed by atoms with Crippen molar-refractivity contribution in [3.63, 3.8) is 0 Å². The number of hydrogen-bond acceptors (Lipinski definition) is 5. The van der Waals surface area contributed by atoms with Crippen LogP contribution in [-0.4, -0.2) is 53.4 Å². The molecule has 31 heavy (non-hydrogen) atoms. The molecule has 2 fully saturated rings. The van der Waals surface area contributed by atoms with Gasteiger partial charge in [0.25, 0.3) is 5.91 Å². The van der Waals surface area contributed by atoms with Crippen molar-refractivity contribution in [2.24, 2.45) is 0 Å². The molecule has 1 N–H and O–H groups in total. The van der Waals surface area contributed by atoms with Crippen LogP contribution in [0, 0.1) is 0 Å². The van der Waals surface area contributed by atoms with Gasteiger partial charge in [0.15, 0.2) is 11.5 Å². The summed E-state index contributed by atoms with van der Waals surface area (Å²) in [6.45, 7) is 1.76. The lowest BCUT2D eigenvalue weighted by Gasteiger charge is -2.36. The number of benzene rings is 2. The normalized spacial score (nSPS) is 19.5. The summed E-state index contributed by atoms with van der Waals surface area (Å²) in [6, 6.07) is 12.4. The largest absolute Gasteiger partial charge is 0.454 e.